The third kappa shape index (κ3) is 2.43. The van der Waals surface area contributed by atoms with Gasteiger partial charge in [-0.25, -0.2) is 4.79 Å². The van der Waals surface area contributed by atoms with E-state index in [1.54, 1.807) is 6.07 Å². The van der Waals surface area contributed by atoms with Crippen molar-refractivity contribution in [2.45, 2.75) is 32.1 Å². The van der Waals surface area contributed by atoms with E-state index in [-0.39, 0.29) is 5.57 Å². The maximum Gasteiger partial charge on any atom is 0.346 e. The fourth-order valence-corrected chi connectivity index (χ4v) is 2.14. The third-order valence-corrected chi connectivity index (χ3v) is 3.29. The lowest BCUT2D eigenvalue weighted by atomic mass is 9.96. The van der Waals surface area contributed by atoms with Crippen LogP contribution in [0.4, 0.5) is 0 Å². The van der Waals surface area contributed by atoms with Gasteiger partial charge < -0.3 is 5.11 Å². The van der Waals surface area contributed by atoms with Crippen LogP contribution >= 0.6 is 0 Å². The molecule has 0 saturated heterocycles. The first-order valence-corrected chi connectivity index (χ1v) is 6.14. The SMILES string of the molecule is CCC(=C(C#N)C(=O)O)c1ccc(C2CC2)cc1. The number of nitrogens with zero attached hydrogens (tertiary/aromatic N) is 1. The number of benzene rings is 1. The lowest BCUT2D eigenvalue weighted by Gasteiger charge is -2.07. The van der Waals surface area contributed by atoms with Gasteiger partial charge in [0.05, 0.1) is 0 Å². The van der Waals surface area contributed by atoms with Gasteiger partial charge in [0.25, 0.3) is 0 Å². The Balaban J connectivity index is 2.38. The molecule has 0 radical (unpaired) electrons. The van der Waals surface area contributed by atoms with Crippen LogP contribution in [0, 0.1) is 11.3 Å². The van der Waals surface area contributed by atoms with Crippen LogP contribution in [0.2, 0.25) is 0 Å². The highest BCUT2D eigenvalue weighted by Gasteiger charge is 2.23. The minimum absolute atomic E-state index is 0.156. The van der Waals surface area contributed by atoms with Crippen molar-refractivity contribution in [3.8, 4) is 6.07 Å². The van der Waals surface area contributed by atoms with Gasteiger partial charge in [-0.2, -0.15) is 5.26 Å². The van der Waals surface area contributed by atoms with Crippen molar-refractivity contribution in [1.82, 2.24) is 0 Å². The van der Waals surface area contributed by atoms with Crippen LogP contribution < -0.4 is 0 Å². The van der Waals surface area contributed by atoms with Crippen LogP contribution in [0.25, 0.3) is 5.57 Å². The Hall–Kier alpha value is -2.08. The van der Waals surface area contributed by atoms with Gasteiger partial charge in [0.2, 0.25) is 0 Å². The molecule has 1 saturated carbocycles. The molecular weight excluding hydrogens is 226 g/mol. The molecule has 1 aromatic carbocycles. The van der Waals surface area contributed by atoms with Crippen LogP contribution in [0.1, 0.15) is 43.2 Å². The van der Waals surface area contributed by atoms with Gasteiger partial charge in [0.1, 0.15) is 11.6 Å². The van der Waals surface area contributed by atoms with Gasteiger partial charge in [-0.1, -0.05) is 31.2 Å². The molecule has 1 aliphatic rings. The fourth-order valence-electron chi connectivity index (χ4n) is 2.14. The summed E-state index contributed by atoms with van der Waals surface area (Å²) >= 11 is 0. The molecule has 3 heteroatoms. The number of hydrogen-bond acceptors (Lipinski definition) is 2. The number of nitriles is 1. The van der Waals surface area contributed by atoms with Crippen LogP contribution in [-0.2, 0) is 4.79 Å². The molecule has 18 heavy (non-hydrogen) atoms. The smallest absolute Gasteiger partial charge is 0.346 e. The summed E-state index contributed by atoms with van der Waals surface area (Å²) in [6, 6.07) is 9.71. The summed E-state index contributed by atoms with van der Waals surface area (Å²) in [5, 5.41) is 17.9. The zero-order valence-electron chi connectivity index (χ0n) is 10.3. The Morgan fingerprint density at radius 1 is 1.39 bits per heavy atom. The first kappa shape index (κ1) is 12.4. The Morgan fingerprint density at radius 2 is 2.00 bits per heavy atom. The van der Waals surface area contributed by atoms with E-state index >= 15 is 0 Å². The van der Waals surface area contributed by atoms with E-state index in [0.29, 0.717) is 17.9 Å². The second-order valence-electron chi connectivity index (χ2n) is 4.52. The minimum Gasteiger partial charge on any atom is -0.477 e. The number of carboxylic acids is 1. The zero-order valence-corrected chi connectivity index (χ0v) is 10.3. The van der Waals surface area contributed by atoms with E-state index < -0.39 is 5.97 Å². The average Bonchev–Trinajstić information content (AvgIpc) is 3.20. The van der Waals surface area contributed by atoms with Crippen LogP contribution in [0.5, 0.6) is 0 Å². The predicted molar refractivity (Wildman–Crippen MR) is 68.9 cm³/mol. The van der Waals surface area contributed by atoms with Gasteiger partial charge >= 0.3 is 5.97 Å². The molecule has 1 N–H and O–H groups in total. The lowest BCUT2D eigenvalue weighted by molar-refractivity contribution is -0.132. The summed E-state index contributed by atoms with van der Waals surface area (Å²) in [6.45, 7) is 1.87. The third-order valence-electron chi connectivity index (χ3n) is 3.29. The van der Waals surface area contributed by atoms with Crippen molar-refractivity contribution < 1.29 is 9.90 Å². The maximum absolute atomic E-state index is 11.0. The number of carbonyl (C=O) groups is 1. The lowest BCUT2D eigenvalue weighted by Crippen LogP contribution is -2.02. The van der Waals surface area contributed by atoms with E-state index in [4.69, 9.17) is 10.4 Å². The molecule has 2 rings (SSSR count). The second kappa shape index (κ2) is 5.05. The number of allylic oxidation sites excluding steroid dienone is 1. The van der Waals surface area contributed by atoms with Crippen molar-refractivity contribution in [2.75, 3.05) is 0 Å². The Bertz CT molecular complexity index is 531. The average molecular weight is 241 g/mol. The molecule has 0 aromatic heterocycles. The summed E-state index contributed by atoms with van der Waals surface area (Å²) in [5.74, 6) is -0.469. The molecular formula is C15H15NO2. The number of carboxylic acid groups (broad SMARTS) is 1. The van der Waals surface area contributed by atoms with E-state index in [1.165, 1.54) is 18.4 Å². The van der Waals surface area contributed by atoms with Gasteiger partial charge in [-0.3, -0.25) is 0 Å². The fraction of sp³-hybridized carbons (Fsp3) is 0.333. The second-order valence-corrected chi connectivity index (χ2v) is 4.52. The van der Waals surface area contributed by atoms with Crippen LogP contribution in [0.15, 0.2) is 29.8 Å². The summed E-state index contributed by atoms with van der Waals surface area (Å²) < 4.78 is 0. The molecule has 1 aliphatic carbocycles. The zero-order chi connectivity index (χ0) is 13.1. The molecule has 0 aliphatic heterocycles. The number of aliphatic carboxylic acids is 1. The molecule has 0 spiro atoms. The Morgan fingerprint density at radius 3 is 2.39 bits per heavy atom. The van der Waals surface area contributed by atoms with Crippen molar-refractivity contribution >= 4 is 11.5 Å². The highest BCUT2D eigenvalue weighted by Crippen LogP contribution is 2.40. The largest absolute Gasteiger partial charge is 0.477 e. The molecule has 1 fully saturated rings. The predicted octanol–water partition coefficient (Wildman–Crippen LogP) is 3.34. The summed E-state index contributed by atoms with van der Waals surface area (Å²) in [4.78, 5) is 11.0. The van der Waals surface area contributed by atoms with Crippen molar-refractivity contribution in [2.24, 2.45) is 0 Å². The number of rotatable bonds is 4. The summed E-state index contributed by atoms with van der Waals surface area (Å²) in [5.41, 5.74) is 2.59. The van der Waals surface area contributed by atoms with Gasteiger partial charge in [-0.05, 0) is 41.9 Å². The molecule has 0 heterocycles. The molecule has 1 aromatic rings. The van der Waals surface area contributed by atoms with Crippen molar-refractivity contribution in [3.63, 3.8) is 0 Å². The van der Waals surface area contributed by atoms with E-state index in [0.717, 1.165) is 5.56 Å². The van der Waals surface area contributed by atoms with Crippen LogP contribution in [0.3, 0.4) is 0 Å². The van der Waals surface area contributed by atoms with E-state index in [9.17, 15) is 4.79 Å². The van der Waals surface area contributed by atoms with Crippen molar-refractivity contribution in [3.05, 3.63) is 41.0 Å². The molecule has 3 nitrogen and oxygen atoms in total. The van der Waals surface area contributed by atoms with Crippen molar-refractivity contribution in [1.29, 1.82) is 5.26 Å². The normalized spacial score (nSPS) is 15.8. The monoisotopic (exact) mass is 241 g/mol. The first-order chi connectivity index (χ1) is 8.67. The van der Waals surface area contributed by atoms with E-state index in [2.05, 4.69) is 0 Å². The summed E-state index contributed by atoms with van der Waals surface area (Å²) in [6.07, 6.45) is 3.03. The van der Waals surface area contributed by atoms with E-state index in [1.807, 2.05) is 31.2 Å². The first-order valence-electron chi connectivity index (χ1n) is 6.14. The molecule has 92 valence electrons. The number of hydrogen-bond donors (Lipinski definition) is 1. The topological polar surface area (TPSA) is 61.1 Å². The maximum atomic E-state index is 11.0. The molecule has 0 amide bonds. The van der Waals surface area contributed by atoms with Gasteiger partial charge in [0.15, 0.2) is 0 Å². The Kier molecular flexibility index (Phi) is 3.47. The molecule has 0 atom stereocenters. The molecule has 0 unspecified atom stereocenters. The highest BCUT2D eigenvalue weighted by atomic mass is 16.4. The Labute approximate surface area is 106 Å². The quantitative estimate of drug-likeness (QED) is 0.649. The minimum atomic E-state index is -1.15. The molecule has 0 bridgehead atoms. The van der Waals surface area contributed by atoms with Gasteiger partial charge in [0, 0.05) is 0 Å². The van der Waals surface area contributed by atoms with Crippen LogP contribution in [-0.4, -0.2) is 11.1 Å². The standard InChI is InChI=1S/C15H15NO2/c1-2-13(14(9-16)15(17)18)12-7-5-11(6-8-12)10-3-4-10/h5-8,10H,2-4H2,1H3,(H,17,18). The summed E-state index contributed by atoms with van der Waals surface area (Å²) in [7, 11) is 0. The highest BCUT2D eigenvalue weighted by molar-refractivity contribution is 6.00. The van der Waals surface area contributed by atoms with Gasteiger partial charge in [-0.15, -0.1) is 0 Å².